The van der Waals surface area contributed by atoms with E-state index in [0.29, 0.717) is 29.7 Å². The molecule has 3 heterocycles. The number of H-pyrrole nitrogens is 1. The molecule has 168 valence electrons. The molecule has 8 heteroatoms. The molecule has 1 atom stereocenters. The number of nitrogens with one attached hydrogen (secondary N) is 1. The first-order valence-corrected chi connectivity index (χ1v) is 10.7. The molecule has 7 nitrogen and oxygen atoms in total. The Morgan fingerprint density at radius 1 is 1.21 bits per heavy atom. The monoisotopic (exact) mass is 445 g/mol. The summed E-state index contributed by atoms with van der Waals surface area (Å²) in [7, 11) is 1.61. The van der Waals surface area contributed by atoms with Crippen molar-refractivity contribution in [1.29, 1.82) is 0 Å². The van der Waals surface area contributed by atoms with Crippen molar-refractivity contribution in [2.75, 3.05) is 13.7 Å². The number of halogens is 1. The lowest BCUT2D eigenvalue weighted by Crippen LogP contribution is -2.49. The number of aromatic amines is 1. The van der Waals surface area contributed by atoms with Gasteiger partial charge in [-0.15, -0.1) is 0 Å². The summed E-state index contributed by atoms with van der Waals surface area (Å²) >= 11 is 0. The van der Waals surface area contributed by atoms with Gasteiger partial charge in [0.1, 0.15) is 16.9 Å². The molecule has 4 aromatic rings. The zero-order chi connectivity index (χ0) is 23.2. The van der Waals surface area contributed by atoms with Gasteiger partial charge < -0.3 is 14.3 Å². The summed E-state index contributed by atoms with van der Waals surface area (Å²) in [5.41, 5.74) is 3.17. The first-order valence-electron chi connectivity index (χ1n) is 10.7. The smallest absolute Gasteiger partial charge is 0.277 e. The topological polar surface area (TPSA) is 77.2 Å². The summed E-state index contributed by atoms with van der Waals surface area (Å²) in [5.74, 6) is 0.361. The first kappa shape index (κ1) is 20.9. The Hall–Kier alpha value is -3.94. The Morgan fingerprint density at radius 2 is 2.00 bits per heavy atom. The number of fused-ring (bicyclic) bond motifs is 1. The predicted molar refractivity (Wildman–Crippen MR) is 123 cm³/mol. The van der Waals surface area contributed by atoms with E-state index in [1.807, 2.05) is 42.8 Å². The molecule has 33 heavy (non-hydrogen) atoms. The molecular formula is C25H24FN5O2. The lowest BCUT2D eigenvalue weighted by molar-refractivity contribution is 0.323. The maximum atomic E-state index is 13.5. The second-order valence-electron chi connectivity index (χ2n) is 8.41. The molecule has 0 spiro atoms. The second kappa shape index (κ2) is 7.88. The molecule has 0 radical (unpaired) electrons. The minimum Gasteiger partial charge on any atom is -0.495 e. The Labute approximate surface area is 189 Å². The van der Waals surface area contributed by atoms with Crippen molar-refractivity contribution in [2.24, 2.45) is 4.99 Å². The minimum absolute atomic E-state index is 0.173. The van der Waals surface area contributed by atoms with Gasteiger partial charge in [-0.2, -0.15) is 0 Å². The summed E-state index contributed by atoms with van der Waals surface area (Å²) < 4.78 is 22.6. The van der Waals surface area contributed by atoms with Crippen molar-refractivity contribution in [2.45, 2.75) is 25.8 Å². The van der Waals surface area contributed by atoms with Crippen molar-refractivity contribution in [1.82, 2.24) is 19.1 Å². The molecular weight excluding hydrogens is 421 g/mol. The number of benzene rings is 2. The van der Waals surface area contributed by atoms with E-state index >= 15 is 0 Å². The van der Waals surface area contributed by atoms with Crippen LogP contribution in [0.25, 0.3) is 11.8 Å². The predicted octanol–water partition coefficient (Wildman–Crippen LogP) is 2.43. The Balaban J connectivity index is 1.61. The van der Waals surface area contributed by atoms with E-state index in [9.17, 15) is 9.18 Å². The van der Waals surface area contributed by atoms with Crippen LogP contribution >= 0.6 is 0 Å². The zero-order valence-corrected chi connectivity index (χ0v) is 18.7. The molecule has 0 saturated carbocycles. The average molecular weight is 445 g/mol. The summed E-state index contributed by atoms with van der Waals surface area (Å²) in [6, 6.07) is 12.0. The lowest BCUT2D eigenvalue weighted by atomic mass is 9.87. The standard InChI is InChI=1S/C25H24FN5O2/c1-16-14-30(15-28-16)21-9-4-17(13-22(21)33-3)12-20-23(32)31-24(29-20)27-11-10-25(31,2)18-5-7-19(26)8-6-18/h4-9,12-15H,10-11H2,1-3H3,(H,27,29)/b20-12-. The number of methoxy groups -OCH3 is 1. The van der Waals surface area contributed by atoms with Gasteiger partial charge >= 0.3 is 0 Å². The third kappa shape index (κ3) is 3.57. The Morgan fingerprint density at radius 3 is 2.70 bits per heavy atom. The van der Waals surface area contributed by atoms with Gasteiger partial charge in [-0.1, -0.05) is 18.2 Å². The van der Waals surface area contributed by atoms with Crippen LogP contribution in [-0.2, 0) is 5.54 Å². The molecule has 1 N–H and O–H groups in total. The highest BCUT2D eigenvalue weighted by atomic mass is 19.1. The van der Waals surface area contributed by atoms with Crippen molar-refractivity contribution in [3.8, 4) is 11.4 Å². The minimum atomic E-state index is -0.620. The maximum Gasteiger partial charge on any atom is 0.277 e. The Kier molecular flexibility index (Phi) is 5.00. The van der Waals surface area contributed by atoms with E-state index < -0.39 is 5.54 Å². The van der Waals surface area contributed by atoms with Gasteiger partial charge in [0.05, 0.1) is 30.4 Å². The summed E-state index contributed by atoms with van der Waals surface area (Å²) in [4.78, 5) is 25.4. The fourth-order valence-electron chi connectivity index (χ4n) is 4.40. The van der Waals surface area contributed by atoms with Gasteiger partial charge in [-0.05, 0) is 61.7 Å². The van der Waals surface area contributed by atoms with Crippen molar-refractivity contribution >= 4 is 6.08 Å². The number of imidazole rings is 2. The average Bonchev–Trinajstić information content (AvgIpc) is 3.38. The van der Waals surface area contributed by atoms with Gasteiger partial charge in [0, 0.05) is 12.7 Å². The van der Waals surface area contributed by atoms with E-state index in [4.69, 9.17) is 4.74 Å². The number of hydrogen-bond acceptors (Lipinski definition) is 4. The molecule has 0 bridgehead atoms. The highest BCUT2D eigenvalue weighted by Crippen LogP contribution is 2.29. The highest BCUT2D eigenvalue weighted by molar-refractivity contribution is 5.58. The number of ether oxygens (including phenoxy) is 1. The van der Waals surface area contributed by atoms with Gasteiger partial charge in [0.15, 0.2) is 0 Å². The maximum absolute atomic E-state index is 13.5. The highest BCUT2D eigenvalue weighted by Gasteiger charge is 2.34. The number of nitrogens with zero attached hydrogens (tertiary/aromatic N) is 4. The number of aromatic nitrogens is 4. The van der Waals surface area contributed by atoms with Crippen molar-refractivity contribution in [3.63, 3.8) is 0 Å². The van der Waals surface area contributed by atoms with E-state index in [1.165, 1.54) is 12.1 Å². The number of hydrogen-bond donors (Lipinski definition) is 1. The molecule has 0 aliphatic carbocycles. The first-order chi connectivity index (χ1) is 15.9. The third-order valence-corrected chi connectivity index (χ3v) is 6.22. The number of aryl methyl sites for hydroxylation is 1. The van der Waals surface area contributed by atoms with Gasteiger partial charge in [0.2, 0.25) is 5.62 Å². The molecule has 0 amide bonds. The summed E-state index contributed by atoms with van der Waals surface area (Å²) in [6.45, 7) is 4.48. The SMILES string of the molecule is COc1cc(/C=c2\[nH]c3n(c2=O)C(C)(c2ccc(F)cc2)CCN=3)ccc1-n1cnc(C)c1. The van der Waals surface area contributed by atoms with Gasteiger partial charge in [0.25, 0.3) is 5.56 Å². The molecule has 5 rings (SSSR count). The van der Waals surface area contributed by atoms with Crippen LogP contribution in [0.1, 0.15) is 30.2 Å². The van der Waals surface area contributed by atoms with Crippen LogP contribution < -0.4 is 21.3 Å². The van der Waals surface area contributed by atoms with Crippen LogP contribution in [0.5, 0.6) is 5.75 Å². The quantitative estimate of drug-likeness (QED) is 0.524. The zero-order valence-electron chi connectivity index (χ0n) is 18.7. The summed E-state index contributed by atoms with van der Waals surface area (Å²) in [6.07, 6.45) is 6.10. The molecule has 1 unspecified atom stereocenters. The third-order valence-electron chi connectivity index (χ3n) is 6.22. The van der Waals surface area contributed by atoms with Crippen LogP contribution in [0.2, 0.25) is 0 Å². The Bertz CT molecular complexity index is 1510. The van der Waals surface area contributed by atoms with E-state index in [1.54, 1.807) is 36.2 Å². The molecule has 0 saturated heterocycles. The van der Waals surface area contributed by atoms with E-state index in [0.717, 1.165) is 22.5 Å². The molecule has 0 fully saturated rings. The van der Waals surface area contributed by atoms with Crippen molar-refractivity contribution in [3.05, 3.63) is 98.9 Å². The van der Waals surface area contributed by atoms with Crippen LogP contribution in [0.15, 0.2) is 64.8 Å². The fourth-order valence-corrected chi connectivity index (χ4v) is 4.40. The van der Waals surface area contributed by atoms with E-state index in [2.05, 4.69) is 15.0 Å². The second-order valence-corrected chi connectivity index (χ2v) is 8.41. The molecule has 2 aromatic heterocycles. The molecule has 2 aromatic carbocycles. The lowest BCUT2D eigenvalue weighted by Gasteiger charge is -2.32. The van der Waals surface area contributed by atoms with Crippen LogP contribution in [0.4, 0.5) is 4.39 Å². The van der Waals surface area contributed by atoms with Crippen LogP contribution in [0.3, 0.4) is 0 Å². The fraction of sp³-hybridized carbons (Fsp3) is 0.240. The largest absolute Gasteiger partial charge is 0.495 e. The molecule has 1 aliphatic heterocycles. The van der Waals surface area contributed by atoms with Gasteiger partial charge in [-0.3, -0.25) is 14.4 Å². The van der Waals surface area contributed by atoms with Gasteiger partial charge in [-0.25, -0.2) is 9.37 Å². The van der Waals surface area contributed by atoms with Crippen LogP contribution in [0, 0.1) is 12.7 Å². The number of rotatable bonds is 4. The van der Waals surface area contributed by atoms with Crippen LogP contribution in [-0.4, -0.2) is 32.8 Å². The summed E-state index contributed by atoms with van der Waals surface area (Å²) in [5, 5.41) is 0.428. The normalized spacial score (nSPS) is 18.1. The van der Waals surface area contributed by atoms with Crippen molar-refractivity contribution < 1.29 is 9.13 Å². The van der Waals surface area contributed by atoms with E-state index in [-0.39, 0.29) is 11.4 Å². The molecule has 1 aliphatic rings.